The van der Waals surface area contributed by atoms with Crippen LogP contribution in [0.3, 0.4) is 0 Å². The number of nitrogens with zero attached hydrogens (tertiary/aromatic N) is 2. The number of nitrogens with one attached hydrogen (secondary N) is 1. The number of amides is 2. The maximum absolute atomic E-state index is 12.5. The molecule has 1 aliphatic rings. The molecule has 0 spiro atoms. The lowest BCUT2D eigenvalue weighted by atomic mass is 10.1. The molecule has 2 aromatic rings. The fourth-order valence-electron chi connectivity index (χ4n) is 3.80. The normalized spacial score (nSPS) is 15.6. The number of hydrogen-bond donors (Lipinski definition) is 2. The number of piperazine rings is 1. The molecule has 0 aliphatic carbocycles. The van der Waals surface area contributed by atoms with Gasteiger partial charge in [-0.15, -0.1) is 0 Å². The molecule has 6 nitrogen and oxygen atoms in total. The van der Waals surface area contributed by atoms with E-state index >= 15 is 0 Å². The Hall–Kier alpha value is -2.70. The zero-order valence-corrected chi connectivity index (χ0v) is 17.8. The molecule has 1 aliphatic heterocycles. The first kappa shape index (κ1) is 22.0. The summed E-state index contributed by atoms with van der Waals surface area (Å²) in [7, 11) is 0. The van der Waals surface area contributed by atoms with Gasteiger partial charge in [0.05, 0.1) is 6.54 Å². The van der Waals surface area contributed by atoms with Crippen molar-refractivity contribution in [1.82, 2.24) is 9.80 Å². The van der Waals surface area contributed by atoms with E-state index in [9.17, 15) is 14.7 Å². The van der Waals surface area contributed by atoms with Gasteiger partial charge in [0, 0.05) is 31.9 Å². The van der Waals surface area contributed by atoms with Crippen LogP contribution in [0.1, 0.15) is 23.1 Å². The van der Waals surface area contributed by atoms with Crippen LogP contribution in [0.25, 0.3) is 0 Å². The fraction of sp³-hybridized carbons (Fsp3) is 0.417. The van der Waals surface area contributed by atoms with Crippen molar-refractivity contribution in [3.8, 4) is 0 Å². The van der Waals surface area contributed by atoms with E-state index in [4.69, 9.17) is 0 Å². The highest BCUT2D eigenvalue weighted by atomic mass is 16.3. The van der Waals surface area contributed by atoms with E-state index in [1.165, 1.54) is 0 Å². The van der Waals surface area contributed by atoms with E-state index in [1.54, 1.807) is 4.90 Å². The third-order valence-electron chi connectivity index (χ3n) is 5.63. The molecule has 1 atom stereocenters. The van der Waals surface area contributed by atoms with E-state index in [0.29, 0.717) is 45.6 Å². The second-order valence-electron chi connectivity index (χ2n) is 7.96. The molecule has 2 aromatic carbocycles. The molecule has 1 heterocycles. The summed E-state index contributed by atoms with van der Waals surface area (Å²) in [4.78, 5) is 28.7. The van der Waals surface area contributed by atoms with Crippen molar-refractivity contribution in [3.05, 3.63) is 65.2 Å². The van der Waals surface area contributed by atoms with E-state index in [1.807, 2.05) is 67.3 Å². The largest absolute Gasteiger partial charge is 0.383 e. The molecule has 0 radical (unpaired) electrons. The summed E-state index contributed by atoms with van der Waals surface area (Å²) < 4.78 is 0. The highest BCUT2D eigenvalue weighted by Crippen LogP contribution is 2.19. The molecular weight excluding hydrogens is 378 g/mol. The van der Waals surface area contributed by atoms with E-state index in [2.05, 4.69) is 5.32 Å². The Balaban J connectivity index is 1.42. The van der Waals surface area contributed by atoms with E-state index in [-0.39, 0.29) is 11.8 Å². The molecule has 2 N–H and O–H groups in total. The van der Waals surface area contributed by atoms with Crippen molar-refractivity contribution >= 4 is 17.5 Å². The van der Waals surface area contributed by atoms with Gasteiger partial charge >= 0.3 is 0 Å². The lowest BCUT2D eigenvalue weighted by molar-refractivity contribution is -0.142. The topological polar surface area (TPSA) is 72.9 Å². The minimum absolute atomic E-state index is 0.0462. The Kier molecular flexibility index (Phi) is 7.60. The molecule has 1 unspecified atom stereocenters. The summed E-state index contributed by atoms with van der Waals surface area (Å²) >= 11 is 0. The predicted octanol–water partition coefficient (Wildman–Crippen LogP) is 2.38. The summed E-state index contributed by atoms with van der Waals surface area (Å²) in [5, 5.41) is 13.3. The van der Waals surface area contributed by atoms with Crippen LogP contribution in [0.2, 0.25) is 0 Å². The van der Waals surface area contributed by atoms with Crippen molar-refractivity contribution in [2.75, 3.05) is 38.0 Å². The number of carbonyl (C=O) groups is 2. The summed E-state index contributed by atoms with van der Waals surface area (Å²) in [5.41, 5.74) is 4.08. The van der Waals surface area contributed by atoms with Gasteiger partial charge in [-0.2, -0.15) is 0 Å². The minimum Gasteiger partial charge on any atom is -0.383 e. The quantitative estimate of drug-likeness (QED) is 0.737. The minimum atomic E-state index is -0.982. The maximum atomic E-state index is 12.5. The molecular formula is C24H31N3O3. The van der Waals surface area contributed by atoms with Crippen LogP contribution >= 0.6 is 0 Å². The van der Waals surface area contributed by atoms with Crippen molar-refractivity contribution in [2.45, 2.75) is 32.8 Å². The van der Waals surface area contributed by atoms with Crippen LogP contribution in [0.5, 0.6) is 0 Å². The molecule has 0 aromatic heterocycles. The number of aryl methyl sites for hydroxylation is 3. The van der Waals surface area contributed by atoms with Crippen LogP contribution in [0, 0.1) is 13.8 Å². The average Bonchev–Trinajstić information content (AvgIpc) is 2.75. The van der Waals surface area contributed by atoms with Crippen LogP contribution in [-0.4, -0.2) is 65.5 Å². The molecule has 0 bridgehead atoms. The SMILES string of the molecule is Cc1cccc(C)c1NC(=O)CN1CCN(C(=O)C(O)CCc2ccccc2)CC1. The Morgan fingerprint density at radius 3 is 2.23 bits per heavy atom. The average molecular weight is 410 g/mol. The number of hydrogen-bond acceptors (Lipinski definition) is 4. The number of carbonyl (C=O) groups excluding carboxylic acids is 2. The van der Waals surface area contributed by atoms with Gasteiger partial charge in [-0.3, -0.25) is 14.5 Å². The molecule has 30 heavy (non-hydrogen) atoms. The highest BCUT2D eigenvalue weighted by molar-refractivity contribution is 5.93. The highest BCUT2D eigenvalue weighted by Gasteiger charge is 2.26. The lowest BCUT2D eigenvalue weighted by Crippen LogP contribution is -2.52. The van der Waals surface area contributed by atoms with Gasteiger partial charge in [0.2, 0.25) is 5.91 Å². The number of rotatable bonds is 7. The van der Waals surface area contributed by atoms with Crippen molar-refractivity contribution in [2.24, 2.45) is 0 Å². The Bertz CT molecular complexity index is 841. The summed E-state index contributed by atoms with van der Waals surface area (Å²) in [6.07, 6.45) is 0.108. The first-order chi connectivity index (χ1) is 14.4. The van der Waals surface area contributed by atoms with Crippen LogP contribution in [-0.2, 0) is 16.0 Å². The first-order valence-corrected chi connectivity index (χ1v) is 10.5. The van der Waals surface area contributed by atoms with Crippen molar-refractivity contribution in [3.63, 3.8) is 0 Å². The molecule has 1 saturated heterocycles. The van der Waals surface area contributed by atoms with Crippen LogP contribution in [0.4, 0.5) is 5.69 Å². The first-order valence-electron chi connectivity index (χ1n) is 10.5. The predicted molar refractivity (Wildman–Crippen MR) is 118 cm³/mol. The summed E-state index contributed by atoms with van der Waals surface area (Å²) in [6.45, 7) is 6.56. The molecule has 2 amide bonds. The van der Waals surface area contributed by atoms with E-state index in [0.717, 1.165) is 22.4 Å². The van der Waals surface area contributed by atoms with Gasteiger partial charge in [-0.05, 0) is 43.4 Å². The Morgan fingerprint density at radius 2 is 1.60 bits per heavy atom. The van der Waals surface area contributed by atoms with Gasteiger partial charge in [-0.25, -0.2) is 0 Å². The molecule has 1 fully saturated rings. The number of benzene rings is 2. The van der Waals surface area contributed by atoms with Gasteiger partial charge < -0.3 is 15.3 Å². The second-order valence-corrected chi connectivity index (χ2v) is 7.96. The third-order valence-corrected chi connectivity index (χ3v) is 5.63. The smallest absolute Gasteiger partial charge is 0.251 e. The van der Waals surface area contributed by atoms with Gasteiger partial charge in [0.1, 0.15) is 6.10 Å². The Morgan fingerprint density at radius 1 is 0.967 bits per heavy atom. The van der Waals surface area contributed by atoms with Gasteiger partial charge in [0.25, 0.3) is 5.91 Å². The lowest BCUT2D eigenvalue weighted by Gasteiger charge is -2.35. The van der Waals surface area contributed by atoms with Crippen LogP contribution in [0.15, 0.2) is 48.5 Å². The number of aliphatic hydroxyl groups is 1. The Labute approximate surface area is 178 Å². The monoisotopic (exact) mass is 409 g/mol. The van der Waals surface area contributed by atoms with Gasteiger partial charge in [-0.1, -0.05) is 48.5 Å². The van der Waals surface area contributed by atoms with Crippen LogP contribution < -0.4 is 5.32 Å². The molecule has 0 saturated carbocycles. The standard InChI is InChI=1S/C24H31N3O3/c1-18-7-6-8-19(2)23(18)25-22(29)17-26-13-15-27(16-14-26)24(30)21(28)12-11-20-9-4-3-5-10-20/h3-10,21,28H,11-17H2,1-2H3,(H,25,29). The summed E-state index contributed by atoms with van der Waals surface area (Å²) in [6, 6.07) is 15.8. The van der Waals surface area contributed by atoms with Crippen molar-refractivity contribution in [1.29, 1.82) is 0 Å². The molecule has 3 rings (SSSR count). The van der Waals surface area contributed by atoms with Crippen molar-refractivity contribution < 1.29 is 14.7 Å². The fourth-order valence-corrected chi connectivity index (χ4v) is 3.80. The zero-order valence-electron chi connectivity index (χ0n) is 17.8. The second kappa shape index (κ2) is 10.4. The number of anilines is 1. The third kappa shape index (κ3) is 5.90. The molecule has 160 valence electrons. The zero-order chi connectivity index (χ0) is 21.5. The van der Waals surface area contributed by atoms with E-state index < -0.39 is 6.10 Å². The molecule has 6 heteroatoms. The van der Waals surface area contributed by atoms with Gasteiger partial charge in [0.15, 0.2) is 0 Å². The maximum Gasteiger partial charge on any atom is 0.251 e. The number of para-hydroxylation sites is 1. The summed E-state index contributed by atoms with van der Waals surface area (Å²) in [5.74, 6) is -0.263. The number of aliphatic hydroxyl groups excluding tert-OH is 1.